The van der Waals surface area contributed by atoms with Crippen LogP contribution in [0.3, 0.4) is 0 Å². The monoisotopic (exact) mass is 452 g/mol. The highest BCUT2D eigenvalue weighted by Crippen LogP contribution is 2.23. The number of amides is 1. The van der Waals surface area contributed by atoms with E-state index in [9.17, 15) is 13.2 Å². The number of carbonyl (C=O) groups is 1. The summed E-state index contributed by atoms with van der Waals surface area (Å²) in [6, 6.07) is 19.9. The molecule has 0 spiro atoms. The Morgan fingerprint density at radius 2 is 1.66 bits per heavy atom. The minimum Gasteiger partial charge on any atom is -0.375 e. The van der Waals surface area contributed by atoms with E-state index in [0.717, 1.165) is 16.7 Å². The summed E-state index contributed by atoms with van der Waals surface area (Å²) < 4.78 is 34.2. The molecule has 168 valence electrons. The summed E-state index contributed by atoms with van der Waals surface area (Å²) in [6.07, 6.45) is 0. The van der Waals surface area contributed by atoms with E-state index in [0.29, 0.717) is 31.0 Å². The fraction of sp³-hybridized carbons (Fsp3) is 0.240. The van der Waals surface area contributed by atoms with E-state index in [4.69, 9.17) is 4.74 Å². The van der Waals surface area contributed by atoms with E-state index in [1.165, 1.54) is 6.07 Å². The van der Waals surface area contributed by atoms with E-state index in [1.807, 2.05) is 56.3 Å². The lowest BCUT2D eigenvalue weighted by molar-refractivity contribution is 0.0900. The SMILES string of the molecule is Cc1ccc(NS(=O)(=O)c2cc(C(=O)NCCOCc3ccccc3)ccc2C)c(C)c1. The summed E-state index contributed by atoms with van der Waals surface area (Å²) in [5.74, 6) is -0.351. The molecule has 0 atom stereocenters. The Labute approximate surface area is 189 Å². The highest BCUT2D eigenvalue weighted by Gasteiger charge is 2.20. The predicted molar refractivity (Wildman–Crippen MR) is 126 cm³/mol. The van der Waals surface area contributed by atoms with Crippen molar-refractivity contribution in [1.29, 1.82) is 0 Å². The second-order valence-electron chi connectivity index (χ2n) is 7.70. The molecule has 7 heteroatoms. The zero-order valence-electron chi connectivity index (χ0n) is 18.5. The molecule has 0 saturated carbocycles. The first kappa shape index (κ1) is 23.5. The number of rotatable bonds is 9. The van der Waals surface area contributed by atoms with E-state index in [1.54, 1.807) is 25.1 Å². The molecule has 0 fully saturated rings. The number of hydrogen-bond acceptors (Lipinski definition) is 4. The topological polar surface area (TPSA) is 84.5 Å². The van der Waals surface area contributed by atoms with Crippen LogP contribution >= 0.6 is 0 Å². The van der Waals surface area contributed by atoms with Gasteiger partial charge in [0, 0.05) is 12.1 Å². The van der Waals surface area contributed by atoms with Gasteiger partial charge in [0.15, 0.2) is 0 Å². The molecule has 3 aromatic rings. The zero-order valence-corrected chi connectivity index (χ0v) is 19.3. The van der Waals surface area contributed by atoms with Crippen LogP contribution in [0.2, 0.25) is 0 Å². The maximum Gasteiger partial charge on any atom is 0.262 e. The van der Waals surface area contributed by atoms with Crippen LogP contribution < -0.4 is 10.0 Å². The molecule has 0 bridgehead atoms. The summed E-state index contributed by atoms with van der Waals surface area (Å²) in [4.78, 5) is 12.6. The van der Waals surface area contributed by atoms with Gasteiger partial charge in [-0.05, 0) is 55.7 Å². The molecule has 1 amide bonds. The summed E-state index contributed by atoms with van der Waals surface area (Å²) in [5, 5.41) is 2.77. The minimum absolute atomic E-state index is 0.0745. The summed E-state index contributed by atoms with van der Waals surface area (Å²) in [7, 11) is -3.85. The van der Waals surface area contributed by atoms with Crippen LogP contribution in [0.4, 0.5) is 5.69 Å². The highest BCUT2D eigenvalue weighted by atomic mass is 32.2. The smallest absolute Gasteiger partial charge is 0.262 e. The van der Waals surface area contributed by atoms with Crippen molar-refractivity contribution >= 4 is 21.6 Å². The van der Waals surface area contributed by atoms with Gasteiger partial charge in [-0.15, -0.1) is 0 Å². The summed E-state index contributed by atoms with van der Waals surface area (Å²) in [5.41, 5.74) is 4.29. The molecule has 0 radical (unpaired) electrons. The quantitative estimate of drug-likeness (QED) is 0.473. The van der Waals surface area contributed by atoms with Gasteiger partial charge in [0.1, 0.15) is 0 Å². The maximum atomic E-state index is 13.0. The van der Waals surface area contributed by atoms with Crippen molar-refractivity contribution in [2.24, 2.45) is 0 Å². The number of carbonyl (C=O) groups excluding carboxylic acids is 1. The van der Waals surface area contributed by atoms with Gasteiger partial charge in [0.25, 0.3) is 15.9 Å². The lowest BCUT2D eigenvalue weighted by Gasteiger charge is -2.14. The highest BCUT2D eigenvalue weighted by molar-refractivity contribution is 7.92. The van der Waals surface area contributed by atoms with Crippen LogP contribution in [0.1, 0.15) is 32.6 Å². The standard InChI is InChI=1S/C25H28N2O4S/c1-18-9-12-23(20(3)15-18)27-32(29,30)24-16-22(11-10-19(24)2)25(28)26-13-14-31-17-21-7-5-4-6-8-21/h4-12,15-16,27H,13-14,17H2,1-3H3,(H,26,28). The van der Waals surface area contributed by atoms with Gasteiger partial charge in [0.05, 0.1) is 23.8 Å². The summed E-state index contributed by atoms with van der Waals surface area (Å²) >= 11 is 0. The largest absolute Gasteiger partial charge is 0.375 e. The second kappa shape index (κ2) is 10.4. The average Bonchev–Trinajstić information content (AvgIpc) is 2.76. The van der Waals surface area contributed by atoms with Gasteiger partial charge in [-0.1, -0.05) is 54.1 Å². The predicted octanol–water partition coefficient (Wildman–Crippen LogP) is 4.36. The van der Waals surface area contributed by atoms with Crippen LogP contribution in [-0.4, -0.2) is 27.5 Å². The van der Waals surface area contributed by atoms with Crippen molar-refractivity contribution in [3.8, 4) is 0 Å². The van der Waals surface area contributed by atoms with Gasteiger partial charge < -0.3 is 10.1 Å². The Kier molecular flexibility index (Phi) is 7.66. The van der Waals surface area contributed by atoms with Gasteiger partial charge in [-0.3, -0.25) is 9.52 Å². The summed E-state index contributed by atoms with van der Waals surface area (Å²) in [6.45, 7) is 6.64. The Hall–Kier alpha value is -3.16. The Morgan fingerprint density at radius 1 is 0.906 bits per heavy atom. The first-order valence-electron chi connectivity index (χ1n) is 10.4. The molecule has 6 nitrogen and oxygen atoms in total. The fourth-order valence-electron chi connectivity index (χ4n) is 3.26. The average molecular weight is 453 g/mol. The molecule has 0 aliphatic carbocycles. The Balaban J connectivity index is 1.63. The lowest BCUT2D eigenvalue weighted by atomic mass is 10.1. The number of aryl methyl sites for hydroxylation is 3. The molecule has 0 heterocycles. The maximum absolute atomic E-state index is 13.0. The van der Waals surface area contributed by atoms with Crippen molar-refractivity contribution in [2.45, 2.75) is 32.3 Å². The molecule has 0 saturated heterocycles. The molecular weight excluding hydrogens is 424 g/mol. The van der Waals surface area contributed by atoms with Crippen LogP contribution in [0.15, 0.2) is 71.6 Å². The lowest BCUT2D eigenvalue weighted by Crippen LogP contribution is -2.27. The van der Waals surface area contributed by atoms with Crippen LogP contribution in [0, 0.1) is 20.8 Å². The molecular formula is C25H28N2O4S. The van der Waals surface area contributed by atoms with E-state index >= 15 is 0 Å². The third-order valence-corrected chi connectivity index (χ3v) is 6.52. The van der Waals surface area contributed by atoms with Crippen molar-refractivity contribution in [2.75, 3.05) is 17.9 Å². The number of anilines is 1. The van der Waals surface area contributed by atoms with E-state index in [2.05, 4.69) is 10.0 Å². The van der Waals surface area contributed by atoms with Crippen LogP contribution in [0.25, 0.3) is 0 Å². The molecule has 32 heavy (non-hydrogen) atoms. The van der Waals surface area contributed by atoms with Gasteiger partial charge in [-0.25, -0.2) is 8.42 Å². The number of ether oxygens (including phenoxy) is 1. The molecule has 3 aromatic carbocycles. The minimum atomic E-state index is -3.85. The molecule has 3 rings (SSSR count). The van der Waals surface area contributed by atoms with Gasteiger partial charge >= 0.3 is 0 Å². The third kappa shape index (κ3) is 6.18. The first-order valence-corrected chi connectivity index (χ1v) is 11.9. The fourth-order valence-corrected chi connectivity index (χ4v) is 4.66. The molecule has 0 aliphatic rings. The van der Waals surface area contributed by atoms with Gasteiger partial charge in [0.2, 0.25) is 0 Å². The number of hydrogen-bond donors (Lipinski definition) is 2. The molecule has 0 unspecified atom stereocenters. The van der Waals surface area contributed by atoms with E-state index in [-0.39, 0.29) is 16.4 Å². The zero-order chi connectivity index (χ0) is 23.1. The van der Waals surface area contributed by atoms with Crippen molar-refractivity contribution in [3.05, 3.63) is 94.5 Å². The Morgan fingerprint density at radius 3 is 2.38 bits per heavy atom. The van der Waals surface area contributed by atoms with Crippen molar-refractivity contribution in [1.82, 2.24) is 5.32 Å². The van der Waals surface area contributed by atoms with Gasteiger partial charge in [-0.2, -0.15) is 0 Å². The third-order valence-electron chi connectivity index (χ3n) is 5.01. The first-order chi connectivity index (χ1) is 15.3. The molecule has 0 aliphatic heterocycles. The van der Waals surface area contributed by atoms with Crippen molar-refractivity contribution in [3.63, 3.8) is 0 Å². The van der Waals surface area contributed by atoms with Crippen LogP contribution in [-0.2, 0) is 21.4 Å². The van der Waals surface area contributed by atoms with Crippen molar-refractivity contribution < 1.29 is 17.9 Å². The number of sulfonamides is 1. The van der Waals surface area contributed by atoms with Crippen LogP contribution in [0.5, 0.6) is 0 Å². The molecule has 2 N–H and O–H groups in total. The number of benzene rings is 3. The molecule has 0 aromatic heterocycles. The Bertz CT molecular complexity index is 1190. The second-order valence-corrected chi connectivity index (χ2v) is 9.35. The normalized spacial score (nSPS) is 11.2. The van der Waals surface area contributed by atoms with E-state index < -0.39 is 10.0 Å². The number of nitrogens with one attached hydrogen (secondary N) is 2.